The number of carbonyl (C=O) groups is 1. The van der Waals surface area contributed by atoms with Gasteiger partial charge in [0.2, 0.25) is 0 Å². The summed E-state index contributed by atoms with van der Waals surface area (Å²) in [6.07, 6.45) is 2.96. The van der Waals surface area contributed by atoms with Crippen molar-refractivity contribution in [3.8, 4) is 16.8 Å². The number of hydrogen-bond donors (Lipinski definition) is 1. The first-order valence-corrected chi connectivity index (χ1v) is 6.83. The van der Waals surface area contributed by atoms with Gasteiger partial charge in [-0.25, -0.2) is 13.5 Å². The van der Waals surface area contributed by atoms with E-state index in [1.165, 1.54) is 28.9 Å². The fraction of sp³-hybridized carbons (Fsp3) is 0.0588. The molecule has 0 amide bonds. The van der Waals surface area contributed by atoms with E-state index in [2.05, 4.69) is 5.10 Å². The number of carboxylic acid groups (broad SMARTS) is 1. The van der Waals surface area contributed by atoms with E-state index in [1.807, 2.05) is 0 Å². The van der Waals surface area contributed by atoms with Gasteiger partial charge in [-0.05, 0) is 47.5 Å². The Morgan fingerprint density at radius 2 is 1.78 bits per heavy atom. The van der Waals surface area contributed by atoms with Crippen LogP contribution >= 0.6 is 0 Å². The van der Waals surface area contributed by atoms with Crippen LogP contribution < -0.4 is 0 Å². The zero-order valence-electron chi connectivity index (χ0n) is 11.9. The maximum Gasteiger partial charge on any atom is 0.307 e. The number of aromatic nitrogens is 2. The molecule has 2 aromatic carbocycles. The topological polar surface area (TPSA) is 55.1 Å². The van der Waals surface area contributed by atoms with Crippen LogP contribution in [0.3, 0.4) is 0 Å². The van der Waals surface area contributed by atoms with Crippen LogP contribution in [0.15, 0.2) is 54.9 Å². The highest BCUT2D eigenvalue weighted by Gasteiger charge is 2.09. The lowest BCUT2D eigenvalue weighted by Gasteiger charge is -2.03. The van der Waals surface area contributed by atoms with Gasteiger partial charge in [-0.3, -0.25) is 4.79 Å². The van der Waals surface area contributed by atoms with Gasteiger partial charge < -0.3 is 5.11 Å². The molecule has 0 bridgehead atoms. The van der Waals surface area contributed by atoms with E-state index in [4.69, 9.17) is 5.11 Å². The third-order valence-electron chi connectivity index (χ3n) is 3.32. The number of hydrogen-bond acceptors (Lipinski definition) is 2. The van der Waals surface area contributed by atoms with E-state index < -0.39 is 11.8 Å². The lowest BCUT2D eigenvalue weighted by molar-refractivity contribution is -0.136. The van der Waals surface area contributed by atoms with Crippen LogP contribution in [-0.2, 0) is 11.2 Å². The molecule has 6 heteroatoms. The number of benzene rings is 2. The Hall–Kier alpha value is -3.02. The van der Waals surface area contributed by atoms with Gasteiger partial charge in [0.15, 0.2) is 0 Å². The van der Waals surface area contributed by atoms with Crippen molar-refractivity contribution in [1.29, 1.82) is 0 Å². The van der Waals surface area contributed by atoms with Gasteiger partial charge in [-0.2, -0.15) is 5.10 Å². The summed E-state index contributed by atoms with van der Waals surface area (Å²) < 4.78 is 28.2. The normalized spacial score (nSPS) is 10.7. The molecule has 3 rings (SSSR count). The summed E-state index contributed by atoms with van der Waals surface area (Å²) in [5.41, 5.74) is 2.22. The molecule has 0 saturated heterocycles. The van der Waals surface area contributed by atoms with Crippen molar-refractivity contribution in [1.82, 2.24) is 9.78 Å². The van der Waals surface area contributed by atoms with E-state index in [0.717, 1.165) is 0 Å². The summed E-state index contributed by atoms with van der Waals surface area (Å²) in [4.78, 5) is 10.8. The van der Waals surface area contributed by atoms with E-state index >= 15 is 0 Å². The summed E-state index contributed by atoms with van der Waals surface area (Å²) in [6.45, 7) is 0. The molecule has 23 heavy (non-hydrogen) atoms. The van der Waals surface area contributed by atoms with Gasteiger partial charge in [-0.1, -0.05) is 6.07 Å². The van der Waals surface area contributed by atoms with Crippen molar-refractivity contribution in [3.63, 3.8) is 0 Å². The van der Waals surface area contributed by atoms with Crippen LogP contribution in [0, 0.1) is 11.6 Å². The molecule has 0 unspecified atom stereocenters. The van der Waals surface area contributed by atoms with Crippen molar-refractivity contribution in [3.05, 3.63) is 72.1 Å². The molecule has 0 fully saturated rings. The van der Waals surface area contributed by atoms with Crippen LogP contribution in [0.1, 0.15) is 5.56 Å². The smallest absolute Gasteiger partial charge is 0.307 e. The Balaban J connectivity index is 1.95. The fourth-order valence-corrected chi connectivity index (χ4v) is 2.30. The summed E-state index contributed by atoms with van der Waals surface area (Å²) in [5.74, 6) is -1.87. The third kappa shape index (κ3) is 3.42. The Labute approximate surface area is 130 Å². The predicted octanol–water partition coefficient (Wildman–Crippen LogP) is 3.44. The maximum atomic E-state index is 13.7. The largest absolute Gasteiger partial charge is 0.481 e. The lowest BCUT2D eigenvalue weighted by atomic mass is 10.0. The Morgan fingerprint density at radius 3 is 2.48 bits per heavy atom. The van der Waals surface area contributed by atoms with E-state index in [1.54, 1.807) is 30.6 Å². The second kappa shape index (κ2) is 6.00. The molecule has 0 saturated carbocycles. The van der Waals surface area contributed by atoms with Crippen LogP contribution in [0.25, 0.3) is 16.8 Å². The van der Waals surface area contributed by atoms with Crippen molar-refractivity contribution in [2.45, 2.75) is 6.42 Å². The molecule has 0 aliphatic carbocycles. The quantitative estimate of drug-likeness (QED) is 0.802. The molecular weight excluding hydrogens is 302 g/mol. The van der Waals surface area contributed by atoms with Gasteiger partial charge in [-0.15, -0.1) is 0 Å². The molecule has 0 radical (unpaired) electrons. The number of rotatable bonds is 4. The molecule has 0 atom stereocenters. The predicted molar refractivity (Wildman–Crippen MR) is 80.3 cm³/mol. The summed E-state index contributed by atoms with van der Waals surface area (Å²) >= 11 is 0. The summed E-state index contributed by atoms with van der Waals surface area (Å²) in [5, 5.41) is 13.0. The Bertz CT molecular complexity index is 857. The molecule has 1 N–H and O–H groups in total. The number of aliphatic carboxylic acids is 1. The average molecular weight is 314 g/mol. The minimum absolute atomic E-state index is 0.253. The molecule has 1 heterocycles. The van der Waals surface area contributed by atoms with E-state index in [0.29, 0.717) is 22.4 Å². The SMILES string of the molecule is O=C(O)Cc1cc(F)cc(-c2cnn(-c3ccc(F)cc3)c2)c1. The highest BCUT2D eigenvalue weighted by atomic mass is 19.1. The average Bonchev–Trinajstić information content (AvgIpc) is 2.96. The fourth-order valence-electron chi connectivity index (χ4n) is 2.30. The molecule has 0 aliphatic rings. The summed E-state index contributed by atoms with van der Waals surface area (Å²) in [7, 11) is 0. The minimum Gasteiger partial charge on any atom is -0.481 e. The minimum atomic E-state index is -1.02. The number of carboxylic acids is 1. The Morgan fingerprint density at radius 1 is 1.04 bits per heavy atom. The molecule has 0 spiro atoms. The van der Waals surface area contributed by atoms with E-state index in [-0.39, 0.29) is 12.2 Å². The van der Waals surface area contributed by atoms with Crippen molar-refractivity contribution >= 4 is 5.97 Å². The molecular formula is C17H12F2N2O2. The highest BCUT2D eigenvalue weighted by molar-refractivity contribution is 5.72. The standard InChI is InChI=1S/C17H12F2N2O2/c18-14-1-3-16(4-2-14)21-10-13(9-20-21)12-5-11(7-17(22)23)6-15(19)8-12/h1-6,8-10H,7H2,(H,22,23). The van der Waals surface area contributed by atoms with E-state index in [9.17, 15) is 13.6 Å². The zero-order valence-corrected chi connectivity index (χ0v) is 11.9. The van der Waals surface area contributed by atoms with Gasteiger partial charge in [0.05, 0.1) is 18.3 Å². The van der Waals surface area contributed by atoms with Crippen molar-refractivity contribution in [2.24, 2.45) is 0 Å². The second-order valence-electron chi connectivity index (χ2n) is 5.07. The molecule has 4 nitrogen and oxygen atoms in total. The first-order valence-electron chi connectivity index (χ1n) is 6.83. The number of nitrogens with zero attached hydrogens (tertiary/aromatic N) is 2. The summed E-state index contributed by atoms with van der Waals surface area (Å²) in [6, 6.07) is 9.93. The molecule has 3 aromatic rings. The highest BCUT2D eigenvalue weighted by Crippen LogP contribution is 2.23. The first-order chi connectivity index (χ1) is 11.0. The molecule has 0 aliphatic heterocycles. The van der Waals surface area contributed by atoms with Gasteiger partial charge >= 0.3 is 5.97 Å². The van der Waals surface area contributed by atoms with Crippen molar-refractivity contribution < 1.29 is 18.7 Å². The number of halogens is 2. The van der Waals surface area contributed by atoms with Gasteiger partial charge in [0.25, 0.3) is 0 Å². The third-order valence-corrected chi connectivity index (χ3v) is 3.32. The van der Waals surface area contributed by atoms with Crippen LogP contribution in [0.4, 0.5) is 8.78 Å². The lowest BCUT2D eigenvalue weighted by Crippen LogP contribution is -2.00. The van der Waals surface area contributed by atoms with Crippen LogP contribution in [-0.4, -0.2) is 20.9 Å². The van der Waals surface area contributed by atoms with Gasteiger partial charge in [0, 0.05) is 11.8 Å². The van der Waals surface area contributed by atoms with Crippen molar-refractivity contribution in [2.75, 3.05) is 0 Å². The zero-order chi connectivity index (χ0) is 16.4. The first kappa shape index (κ1) is 14.9. The second-order valence-corrected chi connectivity index (χ2v) is 5.07. The van der Waals surface area contributed by atoms with Crippen LogP contribution in [0.5, 0.6) is 0 Å². The monoisotopic (exact) mass is 314 g/mol. The van der Waals surface area contributed by atoms with Crippen LogP contribution in [0.2, 0.25) is 0 Å². The maximum absolute atomic E-state index is 13.7. The molecule has 1 aromatic heterocycles. The Kier molecular flexibility index (Phi) is 3.89. The van der Waals surface area contributed by atoms with Gasteiger partial charge in [0.1, 0.15) is 11.6 Å². The molecule has 116 valence electrons.